The van der Waals surface area contributed by atoms with Crippen molar-refractivity contribution in [2.45, 2.75) is 13.5 Å². The van der Waals surface area contributed by atoms with Crippen molar-refractivity contribution in [3.8, 4) is 11.5 Å². The van der Waals surface area contributed by atoms with Crippen LogP contribution in [0.1, 0.15) is 21.8 Å². The summed E-state index contributed by atoms with van der Waals surface area (Å²) in [6.45, 7) is 2.14. The summed E-state index contributed by atoms with van der Waals surface area (Å²) >= 11 is 0. The first-order valence-electron chi connectivity index (χ1n) is 6.72. The van der Waals surface area contributed by atoms with Crippen LogP contribution in [-0.4, -0.2) is 29.3 Å². The number of fused-ring (bicyclic) bond motifs is 1. The SMILES string of the molecule is Cc1cc(COC(=O)c2cc3c(cc2[N+](=O)[O-])OCCO3)no1. The molecule has 120 valence electrons. The monoisotopic (exact) mass is 320 g/mol. The summed E-state index contributed by atoms with van der Waals surface area (Å²) in [5.74, 6) is 0.216. The Morgan fingerprint density at radius 1 is 1.30 bits per heavy atom. The number of ether oxygens (including phenoxy) is 3. The molecule has 0 N–H and O–H groups in total. The van der Waals surface area contributed by atoms with Crippen molar-refractivity contribution < 1.29 is 28.5 Å². The van der Waals surface area contributed by atoms with E-state index in [0.29, 0.717) is 24.7 Å². The number of aromatic nitrogens is 1. The Kier molecular flexibility index (Phi) is 3.83. The van der Waals surface area contributed by atoms with Gasteiger partial charge in [-0.05, 0) is 6.92 Å². The average Bonchev–Trinajstić information content (AvgIpc) is 2.96. The van der Waals surface area contributed by atoms with Gasteiger partial charge in [-0.15, -0.1) is 0 Å². The van der Waals surface area contributed by atoms with E-state index >= 15 is 0 Å². The Morgan fingerprint density at radius 2 is 2.00 bits per heavy atom. The molecule has 1 aliphatic rings. The van der Waals surface area contributed by atoms with Gasteiger partial charge < -0.3 is 18.7 Å². The highest BCUT2D eigenvalue weighted by molar-refractivity contribution is 5.95. The van der Waals surface area contributed by atoms with Crippen LogP contribution in [-0.2, 0) is 11.3 Å². The largest absolute Gasteiger partial charge is 0.486 e. The number of carbonyl (C=O) groups excluding carboxylic acids is 1. The van der Waals surface area contributed by atoms with E-state index in [1.807, 2.05) is 0 Å². The Morgan fingerprint density at radius 3 is 2.61 bits per heavy atom. The number of hydrogen-bond acceptors (Lipinski definition) is 8. The van der Waals surface area contributed by atoms with Crippen LogP contribution in [0.3, 0.4) is 0 Å². The number of nitrogens with zero attached hydrogens (tertiary/aromatic N) is 2. The Bertz CT molecular complexity index is 768. The smallest absolute Gasteiger partial charge is 0.345 e. The standard InChI is InChI=1S/C14H12N2O7/c1-8-4-9(15-23-8)7-22-14(17)10-5-12-13(21-3-2-20-12)6-11(10)16(18)19/h4-6H,2-3,7H2,1H3. The summed E-state index contributed by atoms with van der Waals surface area (Å²) in [5, 5.41) is 14.8. The molecule has 1 aromatic carbocycles. The molecular weight excluding hydrogens is 308 g/mol. The van der Waals surface area contributed by atoms with Crippen LogP contribution >= 0.6 is 0 Å². The molecule has 2 aromatic rings. The van der Waals surface area contributed by atoms with Crippen molar-refractivity contribution in [3.63, 3.8) is 0 Å². The van der Waals surface area contributed by atoms with E-state index < -0.39 is 16.6 Å². The number of benzene rings is 1. The molecule has 0 spiro atoms. The summed E-state index contributed by atoms with van der Waals surface area (Å²) in [5.41, 5.74) is -0.203. The lowest BCUT2D eigenvalue weighted by molar-refractivity contribution is -0.385. The van der Waals surface area contributed by atoms with Gasteiger partial charge in [0, 0.05) is 12.1 Å². The van der Waals surface area contributed by atoms with Crippen LogP contribution in [0.5, 0.6) is 11.5 Å². The van der Waals surface area contributed by atoms with Crippen LogP contribution < -0.4 is 9.47 Å². The number of rotatable bonds is 4. The fourth-order valence-electron chi connectivity index (χ4n) is 2.10. The summed E-state index contributed by atoms with van der Waals surface area (Å²) in [4.78, 5) is 22.6. The molecule has 1 aliphatic heterocycles. The fraction of sp³-hybridized carbons (Fsp3) is 0.286. The summed E-state index contributed by atoms with van der Waals surface area (Å²) in [6.07, 6.45) is 0. The molecule has 2 heterocycles. The minimum absolute atomic E-state index is 0.151. The maximum atomic E-state index is 12.2. The molecule has 0 bridgehead atoms. The van der Waals surface area contributed by atoms with E-state index in [1.54, 1.807) is 13.0 Å². The lowest BCUT2D eigenvalue weighted by Gasteiger charge is -2.18. The van der Waals surface area contributed by atoms with E-state index in [9.17, 15) is 14.9 Å². The molecular formula is C14H12N2O7. The predicted octanol–water partition coefficient (Wildman–Crippen LogP) is 2.02. The molecule has 0 saturated carbocycles. The maximum Gasteiger partial charge on any atom is 0.345 e. The van der Waals surface area contributed by atoms with Crippen LogP contribution in [0.15, 0.2) is 22.7 Å². The second kappa shape index (κ2) is 5.95. The Hall–Kier alpha value is -3.10. The molecule has 0 atom stereocenters. The number of esters is 1. The summed E-state index contributed by atoms with van der Waals surface area (Å²) < 4.78 is 20.5. The predicted molar refractivity (Wildman–Crippen MR) is 74.4 cm³/mol. The summed E-state index contributed by atoms with van der Waals surface area (Å²) in [7, 11) is 0. The normalized spacial score (nSPS) is 12.7. The van der Waals surface area contributed by atoms with Gasteiger partial charge in [0.1, 0.15) is 36.8 Å². The number of carbonyl (C=O) groups is 1. The van der Waals surface area contributed by atoms with E-state index in [-0.39, 0.29) is 23.7 Å². The highest BCUT2D eigenvalue weighted by Gasteiger charge is 2.27. The lowest BCUT2D eigenvalue weighted by Crippen LogP contribution is -2.17. The average molecular weight is 320 g/mol. The van der Waals surface area contributed by atoms with E-state index in [1.165, 1.54) is 6.07 Å². The van der Waals surface area contributed by atoms with Gasteiger partial charge >= 0.3 is 5.97 Å². The molecule has 0 fully saturated rings. The van der Waals surface area contributed by atoms with Gasteiger partial charge in [0.15, 0.2) is 11.5 Å². The first-order valence-corrected chi connectivity index (χ1v) is 6.72. The zero-order chi connectivity index (χ0) is 16.4. The molecule has 3 rings (SSSR count). The first-order chi connectivity index (χ1) is 11.0. The molecule has 9 nitrogen and oxygen atoms in total. The van der Waals surface area contributed by atoms with Gasteiger partial charge in [0.05, 0.1) is 11.0 Å². The van der Waals surface area contributed by atoms with Crippen molar-refractivity contribution in [2.24, 2.45) is 0 Å². The lowest BCUT2D eigenvalue weighted by atomic mass is 10.1. The zero-order valence-corrected chi connectivity index (χ0v) is 12.1. The molecule has 23 heavy (non-hydrogen) atoms. The molecule has 9 heteroatoms. The van der Waals surface area contributed by atoms with Gasteiger partial charge in [0.25, 0.3) is 5.69 Å². The third kappa shape index (κ3) is 3.07. The van der Waals surface area contributed by atoms with Crippen molar-refractivity contribution in [3.05, 3.63) is 45.3 Å². The van der Waals surface area contributed by atoms with Gasteiger partial charge in [-0.25, -0.2) is 4.79 Å². The molecule has 0 amide bonds. The van der Waals surface area contributed by atoms with E-state index in [0.717, 1.165) is 6.07 Å². The Labute approximate surface area is 129 Å². The quantitative estimate of drug-likeness (QED) is 0.477. The third-order valence-electron chi connectivity index (χ3n) is 3.11. The number of nitro benzene ring substituents is 1. The van der Waals surface area contributed by atoms with Crippen molar-refractivity contribution >= 4 is 11.7 Å². The second-order valence-electron chi connectivity index (χ2n) is 4.78. The number of nitro groups is 1. The van der Waals surface area contributed by atoms with Crippen LogP contribution in [0.2, 0.25) is 0 Å². The maximum absolute atomic E-state index is 12.2. The van der Waals surface area contributed by atoms with Gasteiger partial charge in [-0.1, -0.05) is 5.16 Å². The van der Waals surface area contributed by atoms with Crippen molar-refractivity contribution in [2.75, 3.05) is 13.2 Å². The van der Waals surface area contributed by atoms with Crippen LogP contribution in [0, 0.1) is 17.0 Å². The third-order valence-corrected chi connectivity index (χ3v) is 3.11. The van der Waals surface area contributed by atoms with E-state index in [2.05, 4.69) is 5.16 Å². The fourth-order valence-corrected chi connectivity index (χ4v) is 2.10. The molecule has 0 unspecified atom stereocenters. The summed E-state index contributed by atoms with van der Waals surface area (Å²) in [6, 6.07) is 4.01. The van der Waals surface area contributed by atoms with Crippen molar-refractivity contribution in [1.29, 1.82) is 0 Å². The topological polar surface area (TPSA) is 114 Å². The second-order valence-corrected chi connectivity index (χ2v) is 4.78. The van der Waals surface area contributed by atoms with Gasteiger partial charge in [-0.3, -0.25) is 10.1 Å². The number of aryl methyl sites for hydroxylation is 1. The van der Waals surface area contributed by atoms with Gasteiger partial charge in [0.2, 0.25) is 0 Å². The van der Waals surface area contributed by atoms with E-state index in [4.69, 9.17) is 18.7 Å². The molecule has 0 radical (unpaired) electrons. The highest BCUT2D eigenvalue weighted by atomic mass is 16.6. The number of hydrogen-bond donors (Lipinski definition) is 0. The minimum atomic E-state index is -0.852. The Balaban J connectivity index is 1.84. The first kappa shape index (κ1) is 14.8. The zero-order valence-electron chi connectivity index (χ0n) is 12.1. The van der Waals surface area contributed by atoms with Gasteiger partial charge in [-0.2, -0.15) is 0 Å². The van der Waals surface area contributed by atoms with Crippen molar-refractivity contribution in [1.82, 2.24) is 5.16 Å². The van der Waals surface area contributed by atoms with Crippen LogP contribution in [0.25, 0.3) is 0 Å². The highest BCUT2D eigenvalue weighted by Crippen LogP contribution is 2.36. The molecule has 1 aromatic heterocycles. The molecule has 0 saturated heterocycles. The minimum Gasteiger partial charge on any atom is -0.486 e. The molecule has 0 aliphatic carbocycles. The van der Waals surface area contributed by atoms with Crippen LogP contribution in [0.4, 0.5) is 5.69 Å².